The van der Waals surface area contributed by atoms with Gasteiger partial charge in [-0.25, -0.2) is 0 Å². The van der Waals surface area contributed by atoms with Crippen molar-refractivity contribution in [2.24, 2.45) is 0 Å². The van der Waals surface area contributed by atoms with E-state index < -0.39 is 11.9 Å². The average molecular weight is 470 g/mol. The Bertz CT molecular complexity index is 1130. The summed E-state index contributed by atoms with van der Waals surface area (Å²) in [5, 5.41) is 10.1. The molecule has 0 bridgehead atoms. The van der Waals surface area contributed by atoms with Gasteiger partial charge in [-0.05, 0) is 42.7 Å². The number of nitrogens with zero attached hydrogens (tertiary/aromatic N) is 2. The number of amides is 4. The number of imide groups is 1. The van der Waals surface area contributed by atoms with Gasteiger partial charge in [0.25, 0.3) is 5.91 Å². The number of fused-ring (bicyclic) bond motifs is 1. The molecule has 2 aromatic rings. The highest BCUT2D eigenvalue weighted by molar-refractivity contribution is 7.10. The normalized spacial score (nSPS) is 17.6. The van der Waals surface area contributed by atoms with Crippen molar-refractivity contribution >= 4 is 46.3 Å². The van der Waals surface area contributed by atoms with Crippen LogP contribution >= 0.6 is 11.3 Å². The van der Waals surface area contributed by atoms with Crippen molar-refractivity contribution in [3.05, 3.63) is 45.1 Å². The van der Waals surface area contributed by atoms with Crippen molar-refractivity contribution in [1.82, 2.24) is 15.5 Å². The van der Waals surface area contributed by atoms with Crippen LogP contribution in [0.15, 0.2) is 23.6 Å². The summed E-state index contributed by atoms with van der Waals surface area (Å²) in [4.78, 5) is 53.2. The van der Waals surface area contributed by atoms with E-state index in [2.05, 4.69) is 16.0 Å². The molecule has 2 aliphatic heterocycles. The molecule has 33 heavy (non-hydrogen) atoms. The number of rotatable bonds is 7. The van der Waals surface area contributed by atoms with E-state index in [1.165, 1.54) is 16.2 Å². The van der Waals surface area contributed by atoms with E-state index >= 15 is 0 Å². The Labute approximate surface area is 196 Å². The minimum Gasteiger partial charge on any atom is -0.377 e. The zero-order valence-electron chi connectivity index (χ0n) is 18.9. The lowest BCUT2D eigenvalue weighted by Gasteiger charge is -2.29. The van der Waals surface area contributed by atoms with Crippen LogP contribution in [-0.2, 0) is 27.5 Å². The SMILES string of the molecule is Cc1cc(NCC(=O)NCc2scc3c2CN(C2CCC(=O)NC2=O)C3=O)ccc1N(C)C. The van der Waals surface area contributed by atoms with E-state index in [1.807, 2.05) is 44.1 Å². The number of benzene rings is 1. The molecule has 1 unspecified atom stereocenters. The first-order chi connectivity index (χ1) is 15.7. The number of aryl methyl sites for hydroxylation is 1. The Hall–Kier alpha value is -3.40. The third-order valence-corrected chi connectivity index (χ3v) is 6.99. The standard InChI is InChI=1S/C23H27N5O4S/c1-13-8-14(4-5-17(13)27(2)3)24-10-21(30)25-9-19-15-11-28(23(32)16(15)12-33-19)18-6-7-20(29)26-22(18)31/h4-5,8,12,18,24H,6-7,9-11H2,1-3H3,(H,25,30)(H,26,29,31). The molecule has 1 aromatic heterocycles. The van der Waals surface area contributed by atoms with E-state index in [9.17, 15) is 19.2 Å². The maximum absolute atomic E-state index is 12.8. The number of carbonyl (C=O) groups is 4. The molecule has 1 aromatic carbocycles. The van der Waals surface area contributed by atoms with E-state index in [1.54, 1.807) is 5.38 Å². The molecule has 0 aliphatic carbocycles. The van der Waals surface area contributed by atoms with Crippen LogP contribution < -0.4 is 20.9 Å². The molecule has 1 saturated heterocycles. The maximum atomic E-state index is 12.8. The molecule has 1 atom stereocenters. The predicted octanol–water partition coefficient (Wildman–Crippen LogP) is 1.61. The van der Waals surface area contributed by atoms with Crippen LogP contribution in [0.5, 0.6) is 0 Å². The van der Waals surface area contributed by atoms with Gasteiger partial charge in [0, 0.05) is 48.7 Å². The quantitative estimate of drug-likeness (QED) is 0.532. The van der Waals surface area contributed by atoms with Crippen molar-refractivity contribution in [3.63, 3.8) is 0 Å². The largest absolute Gasteiger partial charge is 0.377 e. The topological polar surface area (TPSA) is 111 Å². The smallest absolute Gasteiger partial charge is 0.256 e. The number of carbonyl (C=O) groups excluding carboxylic acids is 4. The van der Waals surface area contributed by atoms with Gasteiger partial charge in [0.2, 0.25) is 17.7 Å². The number of nitrogens with one attached hydrogen (secondary N) is 3. The van der Waals surface area contributed by atoms with Crippen LogP contribution in [0.1, 0.15) is 39.2 Å². The Morgan fingerprint density at radius 2 is 2.06 bits per heavy atom. The molecule has 174 valence electrons. The molecule has 0 spiro atoms. The van der Waals surface area contributed by atoms with Crippen LogP contribution in [0, 0.1) is 6.92 Å². The lowest BCUT2D eigenvalue weighted by atomic mass is 10.0. The van der Waals surface area contributed by atoms with Crippen LogP contribution in [0.4, 0.5) is 11.4 Å². The molecule has 0 saturated carbocycles. The van der Waals surface area contributed by atoms with Gasteiger partial charge < -0.3 is 20.4 Å². The zero-order valence-corrected chi connectivity index (χ0v) is 19.7. The predicted molar refractivity (Wildman–Crippen MR) is 126 cm³/mol. The number of anilines is 2. The van der Waals surface area contributed by atoms with Gasteiger partial charge in [-0.15, -0.1) is 11.3 Å². The van der Waals surface area contributed by atoms with Crippen LogP contribution in [-0.4, -0.2) is 55.2 Å². The van der Waals surface area contributed by atoms with Crippen molar-refractivity contribution in [2.75, 3.05) is 30.9 Å². The fourth-order valence-corrected chi connectivity index (χ4v) is 5.22. The third kappa shape index (κ3) is 4.70. The summed E-state index contributed by atoms with van der Waals surface area (Å²) in [5.41, 5.74) is 4.53. The molecule has 10 heteroatoms. The maximum Gasteiger partial charge on any atom is 0.256 e. The molecular formula is C23H27N5O4S. The van der Waals surface area contributed by atoms with Gasteiger partial charge in [-0.3, -0.25) is 24.5 Å². The van der Waals surface area contributed by atoms with Gasteiger partial charge in [0.1, 0.15) is 6.04 Å². The van der Waals surface area contributed by atoms with Gasteiger partial charge >= 0.3 is 0 Å². The Morgan fingerprint density at radius 3 is 2.76 bits per heavy atom. The summed E-state index contributed by atoms with van der Waals surface area (Å²) in [6, 6.07) is 5.32. The fraction of sp³-hybridized carbons (Fsp3) is 0.391. The molecule has 4 rings (SSSR count). The second-order valence-electron chi connectivity index (χ2n) is 8.48. The molecule has 3 N–H and O–H groups in total. The molecule has 9 nitrogen and oxygen atoms in total. The lowest BCUT2D eigenvalue weighted by Crippen LogP contribution is -2.52. The number of hydrogen-bond donors (Lipinski definition) is 3. The molecule has 4 amide bonds. The van der Waals surface area contributed by atoms with Crippen LogP contribution in [0.3, 0.4) is 0 Å². The van der Waals surface area contributed by atoms with Gasteiger partial charge in [-0.1, -0.05) is 0 Å². The summed E-state index contributed by atoms with van der Waals surface area (Å²) in [7, 11) is 3.98. The van der Waals surface area contributed by atoms with Crippen molar-refractivity contribution in [2.45, 2.75) is 38.9 Å². The minimum absolute atomic E-state index is 0.135. The fourth-order valence-electron chi connectivity index (χ4n) is 4.24. The highest BCUT2D eigenvalue weighted by Crippen LogP contribution is 2.33. The Balaban J connectivity index is 1.32. The molecule has 3 heterocycles. The second-order valence-corrected chi connectivity index (χ2v) is 9.44. The first-order valence-corrected chi connectivity index (χ1v) is 11.6. The highest BCUT2D eigenvalue weighted by Gasteiger charge is 2.40. The minimum atomic E-state index is -0.637. The van der Waals surface area contributed by atoms with Crippen LogP contribution in [0.2, 0.25) is 0 Å². The number of piperidine rings is 1. The molecule has 0 radical (unpaired) electrons. The average Bonchev–Trinajstić information content (AvgIpc) is 3.30. The summed E-state index contributed by atoms with van der Waals surface area (Å²) in [6.07, 6.45) is 0.553. The molecule has 2 aliphatic rings. The first kappa shape index (κ1) is 22.8. The summed E-state index contributed by atoms with van der Waals surface area (Å²) < 4.78 is 0. The summed E-state index contributed by atoms with van der Waals surface area (Å²) >= 11 is 1.43. The first-order valence-electron chi connectivity index (χ1n) is 10.8. The molecular weight excluding hydrogens is 442 g/mol. The summed E-state index contributed by atoms with van der Waals surface area (Å²) in [5.74, 6) is -1.09. The van der Waals surface area contributed by atoms with Crippen molar-refractivity contribution in [3.8, 4) is 0 Å². The van der Waals surface area contributed by atoms with E-state index in [-0.39, 0.29) is 30.7 Å². The second kappa shape index (κ2) is 9.22. The van der Waals surface area contributed by atoms with Crippen LogP contribution in [0.25, 0.3) is 0 Å². The highest BCUT2D eigenvalue weighted by atomic mass is 32.1. The van der Waals surface area contributed by atoms with Gasteiger partial charge in [-0.2, -0.15) is 0 Å². The Morgan fingerprint density at radius 1 is 1.27 bits per heavy atom. The third-order valence-electron chi connectivity index (χ3n) is 5.96. The molecule has 1 fully saturated rings. The summed E-state index contributed by atoms with van der Waals surface area (Å²) in [6.45, 7) is 2.79. The van der Waals surface area contributed by atoms with Gasteiger partial charge in [0.15, 0.2) is 0 Å². The lowest BCUT2D eigenvalue weighted by molar-refractivity contribution is -0.137. The van der Waals surface area contributed by atoms with E-state index in [4.69, 9.17) is 0 Å². The van der Waals surface area contributed by atoms with Crippen molar-refractivity contribution in [1.29, 1.82) is 0 Å². The van der Waals surface area contributed by atoms with Crippen molar-refractivity contribution < 1.29 is 19.2 Å². The van der Waals surface area contributed by atoms with E-state index in [0.29, 0.717) is 25.1 Å². The Kier molecular flexibility index (Phi) is 6.37. The number of thiophene rings is 1. The van der Waals surface area contributed by atoms with Gasteiger partial charge in [0.05, 0.1) is 18.7 Å². The van der Waals surface area contributed by atoms with E-state index in [0.717, 1.165) is 27.4 Å². The monoisotopic (exact) mass is 469 g/mol. The number of hydrogen-bond acceptors (Lipinski definition) is 7. The zero-order chi connectivity index (χ0) is 23.7.